The average molecular weight is 469 g/mol. The van der Waals surface area contributed by atoms with Crippen molar-refractivity contribution in [3.8, 4) is 0 Å². The second-order valence-corrected chi connectivity index (χ2v) is 10.1. The quantitative estimate of drug-likeness (QED) is 0.637. The largest absolute Gasteiger partial charge is 0.464 e. The first-order valence-electron chi connectivity index (χ1n) is 9.36. The second kappa shape index (κ2) is 8.39. The molecule has 0 unspecified atom stereocenters. The van der Waals surface area contributed by atoms with E-state index in [4.69, 9.17) is 4.42 Å². The summed E-state index contributed by atoms with van der Waals surface area (Å²) in [6, 6.07) is 8.28. The molecule has 0 atom stereocenters. The molecule has 2 aromatic rings. The maximum absolute atomic E-state index is 13.3. The summed E-state index contributed by atoms with van der Waals surface area (Å²) < 4.78 is 33.4. The molecule has 1 aromatic heterocycles. The van der Waals surface area contributed by atoms with E-state index < -0.39 is 10.0 Å². The Labute approximate surface area is 174 Å². The number of furan rings is 1. The van der Waals surface area contributed by atoms with Crippen LogP contribution in [0.15, 0.2) is 44.1 Å². The van der Waals surface area contributed by atoms with Crippen LogP contribution in [-0.2, 0) is 16.6 Å². The monoisotopic (exact) mass is 468 g/mol. The highest BCUT2D eigenvalue weighted by Gasteiger charge is 2.29. The van der Waals surface area contributed by atoms with Crippen molar-refractivity contribution < 1.29 is 17.6 Å². The molecule has 1 amide bonds. The van der Waals surface area contributed by atoms with Gasteiger partial charge < -0.3 is 9.32 Å². The normalized spacial score (nSPS) is 15.3. The molecule has 0 aliphatic carbocycles. The first-order valence-corrected chi connectivity index (χ1v) is 11.6. The van der Waals surface area contributed by atoms with Crippen molar-refractivity contribution in [1.29, 1.82) is 0 Å². The summed E-state index contributed by atoms with van der Waals surface area (Å²) in [4.78, 5) is 15.1. The molecule has 1 aliphatic rings. The van der Waals surface area contributed by atoms with Crippen molar-refractivity contribution >= 4 is 31.9 Å². The zero-order valence-electron chi connectivity index (χ0n) is 16.3. The maximum Gasteiger partial charge on any atom is 0.255 e. The fourth-order valence-electron chi connectivity index (χ4n) is 3.29. The van der Waals surface area contributed by atoms with Crippen LogP contribution >= 0.6 is 15.9 Å². The highest BCUT2D eigenvalue weighted by atomic mass is 79.9. The van der Waals surface area contributed by atoms with Crippen LogP contribution in [0.5, 0.6) is 0 Å². The second-order valence-electron chi connectivity index (χ2n) is 7.29. The van der Waals surface area contributed by atoms with Crippen molar-refractivity contribution in [2.45, 2.75) is 51.1 Å². The molecule has 0 saturated carbocycles. The van der Waals surface area contributed by atoms with Gasteiger partial charge in [0.1, 0.15) is 11.5 Å². The molecule has 2 heterocycles. The molecule has 1 saturated heterocycles. The van der Waals surface area contributed by atoms with Crippen LogP contribution in [0.4, 0.5) is 0 Å². The lowest BCUT2D eigenvalue weighted by atomic mass is 10.1. The molecule has 3 rings (SSSR count). The van der Waals surface area contributed by atoms with Crippen LogP contribution in [-0.4, -0.2) is 42.7 Å². The number of halogens is 1. The number of nitrogens with zero attached hydrogens (tertiary/aromatic N) is 2. The van der Waals surface area contributed by atoms with E-state index in [-0.39, 0.29) is 16.8 Å². The maximum atomic E-state index is 13.3. The molecule has 0 N–H and O–H groups in total. The Balaban J connectivity index is 1.93. The summed E-state index contributed by atoms with van der Waals surface area (Å²) in [6.07, 6.45) is 1.73. The Hall–Kier alpha value is -1.64. The van der Waals surface area contributed by atoms with Gasteiger partial charge in [-0.15, -0.1) is 0 Å². The average Bonchev–Trinajstić information content (AvgIpc) is 3.31. The van der Waals surface area contributed by atoms with E-state index in [9.17, 15) is 13.2 Å². The molecule has 6 nitrogen and oxygen atoms in total. The molecule has 1 aromatic carbocycles. The Morgan fingerprint density at radius 2 is 1.89 bits per heavy atom. The van der Waals surface area contributed by atoms with Gasteiger partial charge in [-0.3, -0.25) is 4.79 Å². The first kappa shape index (κ1) is 21.1. The molecular formula is C20H25BrN2O4S. The molecule has 0 bridgehead atoms. The minimum atomic E-state index is -3.59. The summed E-state index contributed by atoms with van der Waals surface area (Å²) >= 11 is 3.41. The summed E-state index contributed by atoms with van der Waals surface area (Å²) in [7, 11) is -3.59. The number of rotatable bonds is 6. The van der Waals surface area contributed by atoms with Crippen LogP contribution in [0, 0.1) is 6.92 Å². The number of amides is 1. The minimum absolute atomic E-state index is 0.0800. The van der Waals surface area contributed by atoms with Gasteiger partial charge in [-0.25, -0.2) is 8.42 Å². The van der Waals surface area contributed by atoms with Gasteiger partial charge in [0.15, 0.2) is 0 Å². The van der Waals surface area contributed by atoms with Crippen LogP contribution in [0.25, 0.3) is 0 Å². The molecule has 28 heavy (non-hydrogen) atoms. The number of sulfonamides is 1. The Morgan fingerprint density at radius 3 is 2.46 bits per heavy atom. The Bertz CT molecular complexity index is 962. The number of hydrogen-bond donors (Lipinski definition) is 0. The van der Waals surface area contributed by atoms with E-state index in [1.165, 1.54) is 10.4 Å². The molecule has 152 valence electrons. The van der Waals surface area contributed by atoms with Gasteiger partial charge in [0.25, 0.3) is 5.91 Å². The Morgan fingerprint density at radius 1 is 1.21 bits per heavy atom. The van der Waals surface area contributed by atoms with Gasteiger partial charge in [-0.1, -0.05) is 0 Å². The highest BCUT2D eigenvalue weighted by Crippen LogP contribution is 2.27. The van der Waals surface area contributed by atoms with Gasteiger partial charge in [0.05, 0.1) is 17.0 Å². The molecule has 1 aliphatic heterocycles. The zero-order valence-corrected chi connectivity index (χ0v) is 18.7. The summed E-state index contributed by atoms with van der Waals surface area (Å²) in [5, 5.41) is 0. The minimum Gasteiger partial charge on any atom is -0.464 e. The highest BCUT2D eigenvalue weighted by molar-refractivity contribution is 9.10. The summed E-state index contributed by atoms with van der Waals surface area (Å²) in [5.41, 5.74) is 0.331. The lowest BCUT2D eigenvalue weighted by Gasteiger charge is -2.26. The van der Waals surface area contributed by atoms with Crippen LogP contribution in [0.2, 0.25) is 0 Å². The van der Waals surface area contributed by atoms with E-state index in [1.54, 1.807) is 17.0 Å². The number of aryl methyl sites for hydroxylation is 1. The lowest BCUT2D eigenvalue weighted by molar-refractivity contribution is 0.0674. The third-order valence-electron chi connectivity index (χ3n) is 4.88. The summed E-state index contributed by atoms with van der Waals surface area (Å²) in [6.45, 7) is 7.07. The SMILES string of the molecule is Cc1ccc(CN(C(=O)c2cc(S(=O)(=O)N3CCCC3)ccc2Br)C(C)C)o1. The molecule has 0 spiro atoms. The lowest BCUT2D eigenvalue weighted by Crippen LogP contribution is -2.36. The van der Waals surface area contributed by atoms with Crippen molar-refractivity contribution in [2.75, 3.05) is 13.1 Å². The summed E-state index contributed by atoms with van der Waals surface area (Å²) in [5.74, 6) is 1.23. The topological polar surface area (TPSA) is 70.8 Å². The van der Waals surface area contributed by atoms with Gasteiger partial charge in [-0.2, -0.15) is 4.31 Å². The van der Waals surface area contributed by atoms with Gasteiger partial charge >= 0.3 is 0 Å². The van der Waals surface area contributed by atoms with Crippen molar-refractivity contribution in [2.24, 2.45) is 0 Å². The standard InChI is InChI=1S/C20H25BrN2O4S/c1-14(2)23(13-16-7-6-15(3)27-16)20(24)18-12-17(8-9-19(18)21)28(25,26)22-10-4-5-11-22/h6-9,12,14H,4-5,10-11,13H2,1-3H3. The van der Waals surface area contributed by atoms with E-state index in [1.807, 2.05) is 32.9 Å². The predicted octanol–water partition coefficient (Wildman–Crippen LogP) is 4.19. The molecule has 0 radical (unpaired) electrons. The van der Waals surface area contributed by atoms with Crippen molar-refractivity contribution in [1.82, 2.24) is 9.21 Å². The molecule has 8 heteroatoms. The van der Waals surface area contributed by atoms with Gasteiger partial charge in [0.2, 0.25) is 10.0 Å². The number of benzene rings is 1. The Kier molecular flexibility index (Phi) is 6.31. The number of hydrogen-bond acceptors (Lipinski definition) is 4. The first-order chi connectivity index (χ1) is 13.2. The van der Waals surface area contributed by atoms with E-state index in [0.29, 0.717) is 35.4 Å². The molecular weight excluding hydrogens is 444 g/mol. The van der Waals surface area contributed by atoms with Gasteiger partial charge in [0, 0.05) is 23.6 Å². The fourth-order valence-corrected chi connectivity index (χ4v) is 5.25. The smallest absolute Gasteiger partial charge is 0.255 e. The number of carbonyl (C=O) groups is 1. The number of carbonyl (C=O) groups excluding carboxylic acids is 1. The third-order valence-corrected chi connectivity index (χ3v) is 7.46. The molecule has 1 fully saturated rings. The van der Waals surface area contributed by atoms with Crippen LogP contribution < -0.4 is 0 Å². The van der Waals surface area contributed by atoms with Crippen molar-refractivity contribution in [3.63, 3.8) is 0 Å². The van der Waals surface area contributed by atoms with Crippen molar-refractivity contribution in [3.05, 3.63) is 51.9 Å². The zero-order chi connectivity index (χ0) is 20.5. The third kappa shape index (κ3) is 4.34. The van der Waals surface area contributed by atoms with E-state index in [2.05, 4.69) is 15.9 Å². The van der Waals surface area contributed by atoms with Crippen LogP contribution in [0.3, 0.4) is 0 Å². The van der Waals surface area contributed by atoms with E-state index in [0.717, 1.165) is 18.6 Å². The predicted molar refractivity (Wildman–Crippen MR) is 111 cm³/mol. The van der Waals surface area contributed by atoms with Crippen LogP contribution in [0.1, 0.15) is 48.6 Å². The van der Waals surface area contributed by atoms with Gasteiger partial charge in [-0.05, 0) is 79.9 Å². The van der Waals surface area contributed by atoms with E-state index >= 15 is 0 Å². The fraction of sp³-hybridized carbons (Fsp3) is 0.450.